The third-order valence-corrected chi connectivity index (χ3v) is 4.78. The second kappa shape index (κ2) is 5.99. The molecule has 1 N–H and O–H groups in total. The van der Waals surface area contributed by atoms with Crippen molar-refractivity contribution in [1.29, 1.82) is 0 Å². The number of carboxylic acid groups (broad SMARTS) is 1. The van der Waals surface area contributed by atoms with Gasteiger partial charge >= 0.3 is 5.97 Å². The molecule has 0 aromatic heterocycles. The highest BCUT2D eigenvalue weighted by atomic mass is 16.4. The van der Waals surface area contributed by atoms with E-state index in [1.807, 2.05) is 6.07 Å². The first-order valence-electron chi connectivity index (χ1n) is 7.70. The van der Waals surface area contributed by atoms with E-state index in [4.69, 9.17) is 5.11 Å². The average molecular weight is 274 g/mol. The predicted molar refractivity (Wildman–Crippen MR) is 81.9 cm³/mol. The second-order valence-corrected chi connectivity index (χ2v) is 7.08. The van der Waals surface area contributed by atoms with Gasteiger partial charge in [0.15, 0.2) is 0 Å². The molecule has 1 fully saturated rings. The van der Waals surface area contributed by atoms with Gasteiger partial charge in [-0.25, -0.2) is 0 Å². The Bertz CT molecular complexity index is 466. The van der Waals surface area contributed by atoms with Crippen molar-refractivity contribution in [3.8, 4) is 0 Å². The Morgan fingerprint density at radius 2 is 1.90 bits per heavy atom. The number of carbonyl (C=O) groups is 1. The van der Waals surface area contributed by atoms with Crippen LogP contribution in [0.2, 0.25) is 0 Å². The first-order valence-corrected chi connectivity index (χ1v) is 7.70. The maximum absolute atomic E-state index is 11.1. The van der Waals surface area contributed by atoms with Gasteiger partial charge in [-0.15, -0.1) is 0 Å². The van der Waals surface area contributed by atoms with E-state index in [1.54, 1.807) is 6.92 Å². The van der Waals surface area contributed by atoms with Crippen LogP contribution in [-0.2, 0) is 11.2 Å². The van der Waals surface area contributed by atoms with Crippen LogP contribution in [0.5, 0.6) is 0 Å². The Labute approximate surface area is 122 Å². The molecule has 1 atom stereocenters. The molecule has 0 heterocycles. The van der Waals surface area contributed by atoms with E-state index in [2.05, 4.69) is 32.0 Å². The van der Waals surface area contributed by atoms with E-state index < -0.39 is 5.97 Å². The van der Waals surface area contributed by atoms with Crippen molar-refractivity contribution in [2.45, 2.75) is 58.8 Å². The molecule has 2 heteroatoms. The summed E-state index contributed by atoms with van der Waals surface area (Å²) in [6, 6.07) is 8.42. The van der Waals surface area contributed by atoms with E-state index >= 15 is 0 Å². The van der Waals surface area contributed by atoms with Crippen molar-refractivity contribution in [3.63, 3.8) is 0 Å². The van der Waals surface area contributed by atoms with Gasteiger partial charge in [0.1, 0.15) is 0 Å². The molecule has 2 rings (SSSR count). The molecule has 1 unspecified atom stereocenters. The van der Waals surface area contributed by atoms with Crippen LogP contribution in [0, 0.1) is 11.3 Å². The summed E-state index contributed by atoms with van der Waals surface area (Å²) >= 11 is 0. The molecule has 1 aliphatic rings. The first-order chi connectivity index (χ1) is 9.39. The van der Waals surface area contributed by atoms with Crippen molar-refractivity contribution in [1.82, 2.24) is 0 Å². The van der Waals surface area contributed by atoms with Gasteiger partial charge in [0.25, 0.3) is 0 Å². The fourth-order valence-corrected chi connectivity index (χ4v) is 3.25. The molecule has 1 aromatic rings. The summed E-state index contributed by atoms with van der Waals surface area (Å²) in [7, 11) is 0. The van der Waals surface area contributed by atoms with Crippen molar-refractivity contribution < 1.29 is 9.90 Å². The maximum atomic E-state index is 11.1. The normalized spacial score (nSPS) is 20.6. The summed E-state index contributed by atoms with van der Waals surface area (Å²) in [5.41, 5.74) is 3.09. The lowest BCUT2D eigenvalue weighted by Gasteiger charge is -2.35. The molecule has 20 heavy (non-hydrogen) atoms. The molecule has 110 valence electrons. The van der Waals surface area contributed by atoms with Crippen LogP contribution in [0.4, 0.5) is 0 Å². The van der Waals surface area contributed by atoms with Crippen LogP contribution in [0.3, 0.4) is 0 Å². The van der Waals surface area contributed by atoms with Crippen LogP contribution >= 0.6 is 0 Å². The predicted octanol–water partition coefficient (Wildman–Crippen LogP) is 4.63. The minimum atomic E-state index is -0.704. The smallest absolute Gasteiger partial charge is 0.306 e. The van der Waals surface area contributed by atoms with Crippen molar-refractivity contribution in [3.05, 3.63) is 35.4 Å². The Kier molecular flexibility index (Phi) is 4.52. The first kappa shape index (κ1) is 15.1. The summed E-state index contributed by atoms with van der Waals surface area (Å²) in [4.78, 5) is 11.1. The minimum Gasteiger partial charge on any atom is -0.481 e. The van der Waals surface area contributed by atoms with Crippen molar-refractivity contribution in [2.24, 2.45) is 11.3 Å². The maximum Gasteiger partial charge on any atom is 0.306 e. The number of aliphatic carboxylic acids is 1. The number of rotatable bonds is 4. The fourth-order valence-electron chi connectivity index (χ4n) is 3.25. The highest BCUT2D eigenvalue weighted by molar-refractivity contribution is 5.70. The Hall–Kier alpha value is -1.31. The zero-order valence-electron chi connectivity index (χ0n) is 12.9. The third-order valence-electron chi connectivity index (χ3n) is 4.78. The summed E-state index contributed by atoms with van der Waals surface area (Å²) in [5, 5.41) is 9.11. The minimum absolute atomic E-state index is 0.309. The summed E-state index contributed by atoms with van der Waals surface area (Å²) in [6.45, 7) is 6.49. The summed E-state index contributed by atoms with van der Waals surface area (Å²) < 4.78 is 0. The number of hydrogen-bond acceptors (Lipinski definition) is 1. The van der Waals surface area contributed by atoms with Gasteiger partial charge in [-0.05, 0) is 54.6 Å². The lowest BCUT2D eigenvalue weighted by atomic mass is 9.70. The van der Waals surface area contributed by atoms with Gasteiger partial charge in [-0.1, -0.05) is 45.0 Å². The van der Waals surface area contributed by atoms with Crippen molar-refractivity contribution in [2.75, 3.05) is 0 Å². The van der Waals surface area contributed by atoms with Gasteiger partial charge in [0.2, 0.25) is 0 Å². The number of hydrogen-bond donors (Lipinski definition) is 1. The molecule has 1 aromatic carbocycles. The Morgan fingerprint density at radius 1 is 1.30 bits per heavy atom. The molecule has 0 aliphatic heterocycles. The van der Waals surface area contributed by atoms with Gasteiger partial charge in [-0.2, -0.15) is 0 Å². The largest absolute Gasteiger partial charge is 0.481 e. The van der Waals surface area contributed by atoms with E-state index in [0.717, 1.165) is 0 Å². The zero-order valence-corrected chi connectivity index (χ0v) is 12.9. The molecular formula is C18H26O2. The molecular weight excluding hydrogens is 248 g/mol. The molecule has 2 nitrogen and oxygen atoms in total. The fraction of sp³-hybridized carbons (Fsp3) is 0.611. The molecule has 1 aliphatic carbocycles. The van der Waals surface area contributed by atoms with E-state index in [0.29, 0.717) is 17.8 Å². The highest BCUT2D eigenvalue weighted by Gasteiger charge is 2.28. The van der Waals surface area contributed by atoms with Gasteiger partial charge in [0, 0.05) is 0 Å². The molecule has 0 saturated heterocycles. The van der Waals surface area contributed by atoms with E-state index in [-0.39, 0.29) is 5.92 Å². The summed E-state index contributed by atoms with van der Waals surface area (Å²) in [5.74, 6) is -0.402. The van der Waals surface area contributed by atoms with Crippen LogP contribution in [0.25, 0.3) is 0 Å². The molecule has 0 amide bonds. The molecule has 1 saturated carbocycles. The van der Waals surface area contributed by atoms with E-state index in [9.17, 15) is 4.79 Å². The van der Waals surface area contributed by atoms with Gasteiger partial charge in [0.05, 0.1) is 5.92 Å². The lowest BCUT2D eigenvalue weighted by Crippen LogP contribution is -2.21. The number of benzene rings is 1. The monoisotopic (exact) mass is 274 g/mol. The van der Waals surface area contributed by atoms with Crippen LogP contribution in [-0.4, -0.2) is 11.1 Å². The third kappa shape index (κ3) is 3.62. The quantitative estimate of drug-likeness (QED) is 0.869. The van der Waals surface area contributed by atoms with Gasteiger partial charge in [-0.3, -0.25) is 4.79 Å². The molecule has 0 spiro atoms. The van der Waals surface area contributed by atoms with Crippen molar-refractivity contribution >= 4 is 5.97 Å². The topological polar surface area (TPSA) is 37.3 Å². The van der Waals surface area contributed by atoms with Crippen LogP contribution in [0.15, 0.2) is 24.3 Å². The SMILES string of the molecule is CC(Cc1ccccc1C1CCC(C)(C)CC1)C(=O)O. The Morgan fingerprint density at radius 3 is 2.50 bits per heavy atom. The lowest BCUT2D eigenvalue weighted by molar-refractivity contribution is -0.141. The summed E-state index contributed by atoms with van der Waals surface area (Å²) in [6.07, 6.45) is 5.63. The highest BCUT2D eigenvalue weighted by Crippen LogP contribution is 2.43. The van der Waals surface area contributed by atoms with E-state index in [1.165, 1.54) is 36.8 Å². The zero-order chi connectivity index (χ0) is 14.8. The molecule has 0 bridgehead atoms. The van der Waals surface area contributed by atoms with Crippen LogP contribution < -0.4 is 0 Å². The second-order valence-electron chi connectivity index (χ2n) is 7.08. The molecule has 0 radical (unpaired) electrons. The Balaban J connectivity index is 2.14. The number of carboxylic acids is 1. The standard InChI is InChI=1S/C18H26O2/c1-13(17(19)20)12-15-6-4-5-7-16(15)14-8-10-18(2,3)11-9-14/h4-7,13-14H,8-12H2,1-3H3,(H,19,20). The van der Waals surface area contributed by atoms with Gasteiger partial charge < -0.3 is 5.11 Å². The average Bonchev–Trinajstić information content (AvgIpc) is 2.39. The van der Waals surface area contributed by atoms with Crippen LogP contribution in [0.1, 0.15) is 63.5 Å².